The number of alkyl halides is 3. The van der Waals surface area contributed by atoms with E-state index in [0.29, 0.717) is 10.3 Å². The van der Waals surface area contributed by atoms with Crippen molar-refractivity contribution < 1.29 is 26.4 Å². The van der Waals surface area contributed by atoms with E-state index in [1.807, 2.05) is 0 Å². The molecule has 0 radical (unpaired) electrons. The maximum atomic E-state index is 13.0. The van der Waals surface area contributed by atoms with Crippen LogP contribution in [0, 0.1) is 0 Å². The first-order valence-corrected chi connectivity index (χ1v) is 10.5. The molecule has 1 N–H and O–H groups in total. The van der Waals surface area contributed by atoms with Crippen molar-refractivity contribution in [2.75, 3.05) is 18.4 Å². The summed E-state index contributed by atoms with van der Waals surface area (Å²) in [6.45, 7) is 1.40. The van der Waals surface area contributed by atoms with Crippen molar-refractivity contribution in [3.8, 4) is 0 Å². The Hall–Kier alpha value is -2.67. The summed E-state index contributed by atoms with van der Waals surface area (Å²) in [5.41, 5.74) is -0.438. The fourth-order valence-electron chi connectivity index (χ4n) is 3.33. The molecule has 1 amide bonds. The lowest BCUT2D eigenvalue weighted by molar-refractivity contribution is -0.147. The van der Waals surface area contributed by atoms with Crippen LogP contribution in [0.25, 0.3) is 0 Å². The topological polar surface area (TPSA) is 106 Å². The first-order valence-electron chi connectivity index (χ1n) is 9.02. The summed E-state index contributed by atoms with van der Waals surface area (Å²) in [5.74, 6) is -1.58. The second-order valence-electron chi connectivity index (χ2n) is 6.95. The number of hydrogen-bond acceptors (Lipinski definition) is 5. The highest BCUT2D eigenvalue weighted by atomic mass is 32.2. The minimum Gasteiger partial charge on any atom is -0.326 e. The molecule has 0 aliphatic carbocycles. The second-order valence-corrected chi connectivity index (χ2v) is 8.89. The van der Waals surface area contributed by atoms with Gasteiger partial charge in [0.05, 0.1) is 10.9 Å². The molecule has 0 unspecified atom stereocenters. The molecule has 1 aromatic heterocycles. The third kappa shape index (κ3) is 4.26. The number of piperidine rings is 1. The molecule has 1 fully saturated rings. The van der Waals surface area contributed by atoms with Crippen molar-refractivity contribution in [1.82, 2.24) is 18.7 Å². The quantitative estimate of drug-likeness (QED) is 0.766. The van der Waals surface area contributed by atoms with Crippen molar-refractivity contribution in [1.29, 1.82) is 0 Å². The van der Waals surface area contributed by atoms with Gasteiger partial charge in [-0.25, -0.2) is 17.9 Å². The highest BCUT2D eigenvalue weighted by Crippen LogP contribution is 2.29. The van der Waals surface area contributed by atoms with Gasteiger partial charge in [0, 0.05) is 32.7 Å². The van der Waals surface area contributed by atoms with Gasteiger partial charge in [0.25, 0.3) is 0 Å². The molecule has 3 rings (SSSR count). The standard InChI is InChI=1S/C17H20F3N5O4S/c1-11(26)21-12-3-5-14(6-4-12)30(28,29)24-9-7-13(8-10-24)25-16(27)23(2)15(22-25)17(18,19)20/h3-6,13H,7-10H2,1-2H3,(H,21,26). The molecular weight excluding hydrogens is 427 g/mol. The zero-order valence-electron chi connectivity index (χ0n) is 16.2. The summed E-state index contributed by atoms with van der Waals surface area (Å²) in [6.07, 6.45) is -4.46. The molecule has 1 aromatic carbocycles. The van der Waals surface area contributed by atoms with Gasteiger partial charge in [-0.15, -0.1) is 5.10 Å². The van der Waals surface area contributed by atoms with Crippen molar-refractivity contribution >= 4 is 21.6 Å². The smallest absolute Gasteiger partial charge is 0.326 e. The Balaban J connectivity index is 1.74. The zero-order chi connectivity index (χ0) is 22.3. The van der Waals surface area contributed by atoms with Crippen LogP contribution in [0.5, 0.6) is 0 Å². The monoisotopic (exact) mass is 447 g/mol. The molecule has 2 heterocycles. The van der Waals surface area contributed by atoms with Gasteiger partial charge in [0.1, 0.15) is 0 Å². The van der Waals surface area contributed by atoms with Crippen LogP contribution in [-0.4, -0.2) is 46.1 Å². The minimum absolute atomic E-state index is 0.0319. The maximum absolute atomic E-state index is 13.0. The number of carbonyl (C=O) groups is 1. The van der Waals surface area contributed by atoms with Crippen molar-refractivity contribution in [2.24, 2.45) is 7.05 Å². The van der Waals surface area contributed by atoms with E-state index < -0.39 is 33.8 Å². The fourth-order valence-corrected chi connectivity index (χ4v) is 4.80. The van der Waals surface area contributed by atoms with Gasteiger partial charge in [-0.1, -0.05) is 0 Å². The molecule has 164 valence electrons. The number of rotatable bonds is 4. The Morgan fingerprint density at radius 2 is 1.73 bits per heavy atom. The van der Waals surface area contributed by atoms with Crippen LogP contribution in [0.4, 0.5) is 18.9 Å². The van der Waals surface area contributed by atoms with Crippen molar-refractivity contribution in [3.05, 3.63) is 40.6 Å². The number of halogens is 3. The lowest BCUT2D eigenvalue weighted by Crippen LogP contribution is -2.41. The Morgan fingerprint density at radius 1 is 1.17 bits per heavy atom. The third-order valence-corrected chi connectivity index (χ3v) is 6.75. The molecule has 13 heteroatoms. The summed E-state index contributed by atoms with van der Waals surface area (Å²) in [4.78, 5) is 23.2. The summed E-state index contributed by atoms with van der Waals surface area (Å²) < 4.78 is 67.0. The van der Waals surface area contributed by atoms with Crippen LogP contribution < -0.4 is 11.0 Å². The van der Waals surface area contributed by atoms with Gasteiger partial charge in [-0.05, 0) is 37.1 Å². The van der Waals surface area contributed by atoms with E-state index in [-0.39, 0.29) is 36.7 Å². The average molecular weight is 447 g/mol. The molecule has 0 spiro atoms. The molecular formula is C17H20F3N5O4S. The van der Waals surface area contributed by atoms with Crippen LogP contribution in [-0.2, 0) is 28.0 Å². The second kappa shape index (κ2) is 7.87. The van der Waals surface area contributed by atoms with E-state index in [1.165, 1.54) is 35.5 Å². The molecule has 1 aliphatic rings. The number of aromatic nitrogens is 3. The Bertz CT molecular complexity index is 1100. The summed E-state index contributed by atoms with van der Waals surface area (Å²) >= 11 is 0. The van der Waals surface area contributed by atoms with Crippen LogP contribution >= 0.6 is 0 Å². The lowest BCUT2D eigenvalue weighted by atomic mass is 10.1. The van der Waals surface area contributed by atoms with Gasteiger partial charge >= 0.3 is 11.9 Å². The Kier molecular flexibility index (Phi) is 5.78. The third-order valence-electron chi connectivity index (χ3n) is 4.84. The molecule has 30 heavy (non-hydrogen) atoms. The number of nitrogens with one attached hydrogen (secondary N) is 1. The molecule has 0 bridgehead atoms. The van der Waals surface area contributed by atoms with Crippen molar-refractivity contribution in [2.45, 2.75) is 36.9 Å². The number of amides is 1. The van der Waals surface area contributed by atoms with E-state index in [4.69, 9.17) is 0 Å². The largest absolute Gasteiger partial charge is 0.451 e. The van der Waals surface area contributed by atoms with Gasteiger partial charge in [-0.3, -0.25) is 9.36 Å². The maximum Gasteiger partial charge on any atom is 0.451 e. The Labute approximate surface area is 170 Å². The minimum atomic E-state index is -4.76. The summed E-state index contributed by atoms with van der Waals surface area (Å²) in [5, 5.41) is 5.96. The first kappa shape index (κ1) is 22.0. The summed E-state index contributed by atoms with van der Waals surface area (Å²) in [6, 6.07) is 5.03. The van der Waals surface area contributed by atoms with Gasteiger partial charge in [0.2, 0.25) is 21.8 Å². The van der Waals surface area contributed by atoms with Crippen LogP contribution in [0.3, 0.4) is 0 Å². The highest BCUT2D eigenvalue weighted by Gasteiger charge is 2.39. The molecule has 9 nitrogen and oxygen atoms in total. The van der Waals surface area contributed by atoms with Crippen LogP contribution in [0.1, 0.15) is 31.6 Å². The first-order chi connectivity index (χ1) is 13.9. The number of nitrogens with zero attached hydrogens (tertiary/aromatic N) is 4. The highest BCUT2D eigenvalue weighted by molar-refractivity contribution is 7.89. The van der Waals surface area contributed by atoms with E-state index in [1.54, 1.807) is 0 Å². The predicted octanol–water partition coefficient (Wildman–Crippen LogP) is 1.58. The molecule has 1 aliphatic heterocycles. The number of sulfonamides is 1. The zero-order valence-corrected chi connectivity index (χ0v) is 17.0. The van der Waals surface area contributed by atoms with Crippen molar-refractivity contribution in [3.63, 3.8) is 0 Å². The fraction of sp³-hybridized carbons (Fsp3) is 0.471. The van der Waals surface area contributed by atoms with Crippen LogP contribution in [0.2, 0.25) is 0 Å². The lowest BCUT2D eigenvalue weighted by Gasteiger charge is -2.30. The normalized spacial score (nSPS) is 16.6. The Morgan fingerprint density at radius 3 is 2.20 bits per heavy atom. The van der Waals surface area contributed by atoms with Crippen LogP contribution in [0.15, 0.2) is 34.0 Å². The summed E-state index contributed by atoms with van der Waals surface area (Å²) in [7, 11) is -2.82. The van der Waals surface area contributed by atoms with E-state index >= 15 is 0 Å². The van der Waals surface area contributed by atoms with Gasteiger partial charge in [0.15, 0.2) is 0 Å². The molecule has 0 saturated carbocycles. The SMILES string of the molecule is CC(=O)Nc1ccc(S(=O)(=O)N2CCC(n3nc(C(F)(F)F)n(C)c3=O)CC2)cc1. The van der Waals surface area contributed by atoms with E-state index in [0.717, 1.165) is 11.7 Å². The predicted molar refractivity (Wildman–Crippen MR) is 100 cm³/mol. The van der Waals surface area contributed by atoms with E-state index in [9.17, 15) is 31.2 Å². The van der Waals surface area contributed by atoms with Gasteiger partial charge < -0.3 is 5.32 Å². The number of anilines is 1. The average Bonchev–Trinajstić information content (AvgIpc) is 2.97. The molecule has 2 aromatic rings. The number of benzene rings is 1. The molecule has 1 saturated heterocycles. The number of carbonyl (C=O) groups excluding carboxylic acids is 1. The molecule has 0 atom stereocenters. The van der Waals surface area contributed by atoms with Gasteiger partial charge in [-0.2, -0.15) is 17.5 Å². The van der Waals surface area contributed by atoms with E-state index in [2.05, 4.69) is 10.4 Å². The number of hydrogen-bond donors (Lipinski definition) is 1.